The van der Waals surface area contributed by atoms with Gasteiger partial charge in [-0.25, -0.2) is 4.79 Å². The lowest BCUT2D eigenvalue weighted by molar-refractivity contribution is -0.275. The highest BCUT2D eigenvalue weighted by atomic mass is 17.2. The summed E-state index contributed by atoms with van der Waals surface area (Å²) in [4.78, 5) is 22.9. The normalized spacial score (nSPS) is 11.1. The molecule has 0 N–H and O–H groups in total. The van der Waals surface area contributed by atoms with Crippen LogP contribution in [0.2, 0.25) is 0 Å². The van der Waals surface area contributed by atoms with E-state index in [-0.39, 0.29) is 0 Å². The predicted octanol–water partition coefficient (Wildman–Crippen LogP) is 4.32. The summed E-state index contributed by atoms with van der Waals surface area (Å²) in [6.07, 6.45) is 0. The van der Waals surface area contributed by atoms with Gasteiger partial charge in [0.1, 0.15) is 5.60 Å². The molecule has 0 aliphatic carbocycles. The van der Waals surface area contributed by atoms with Crippen LogP contribution in [0, 0.1) is 6.92 Å². The van der Waals surface area contributed by atoms with Gasteiger partial charge in [-0.2, -0.15) is 4.89 Å². The van der Waals surface area contributed by atoms with Crippen LogP contribution in [-0.4, -0.2) is 11.6 Å². The van der Waals surface area contributed by atoms with E-state index in [0.29, 0.717) is 17.1 Å². The second-order valence-corrected chi connectivity index (χ2v) is 5.94. The molecule has 0 aliphatic heterocycles. The van der Waals surface area contributed by atoms with Crippen LogP contribution >= 0.6 is 0 Å². The van der Waals surface area contributed by atoms with Crippen LogP contribution in [0.15, 0.2) is 48.5 Å². The fraction of sp³-hybridized carbons (Fsp3) is 0.278. The minimum Gasteiger partial charge on any atom is -0.419 e. The molecule has 116 valence electrons. The standard InChI is InChI=1S/C18H20O4/c1-13-9-8-12-15(16(13)21-22-18(2,3)4)20-17(19)14-10-6-5-7-11-14/h5-12H,1-4H3. The van der Waals surface area contributed by atoms with Crippen LogP contribution in [0.4, 0.5) is 0 Å². The van der Waals surface area contributed by atoms with Crippen LogP contribution < -0.4 is 9.62 Å². The zero-order valence-electron chi connectivity index (χ0n) is 13.3. The highest BCUT2D eigenvalue weighted by Gasteiger charge is 2.18. The largest absolute Gasteiger partial charge is 0.419 e. The summed E-state index contributed by atoms with van der Waals surface area (Å²) in [6, 6.07) is 14.1. The Bertz CT molecular complexity index is 642. The smallest absolute Gasteiger partial charge is 0.343 e. The van der Waals surface area contributed by atoms with Crippen molar-refractivity contribution in [3.05, 3.63) is 59.7 Å². The zero-order chi connectivity index (χ0) is 16.2. The molecule has 0 unspecified atom stereocenters. The molecule has 4 heteroatoms. The molecule has 0 spiro atoms. The Morgan fingerprint density at radius 3 is 2.27 bits per heavy atom. The van der Waals surface area contributed by atoms with Crippen LogP contribution in [0.3, 0.4) is 0 Å². The Balaban J connectivity index is 2.20. The fourth-order valence-corrected chi connectivity index (χ4v) is 1.71. The summed E-state index contributed by atoms with van der Waals surface area (Å²) in [5, 5.41) is 0. The Kier molecular flexibility index (Phi) is 4.83. The zero-order valence-corrected chi connectivity index (χ0v) is 13.3. The average Bonchev–Trinajstić information content (AvgIpc) is 2.46. The van der Waals surface area contributed by atoms with Crippen molar-refractivity contribution in [2.45, 2.75) is 33.3 Å². The number of carbonyl (C=O) groups is 1. The van der Waals surface area contributed by atoms with Gasteiger partial charge in [0, 0.05) is 0 Å². The minimum absolute atomic E-state index is 0.332. The Labute approximate surface area is 130 Å². The van der Waals surface area contributed by atoms with Crippen molar-refractivity contribution in [3.63, 3.8) is 0 Å². The predicted molar refractivity (Wildman–Crippen MR) is 84.0 cm³/mol. The van der Waals surface area contributed by atoms with Gasteiger partial charge in [-0.15, -0.1) is 0 Å². The van der Waals surface area contributed by atoms with E-state index >= 15 is 0 Å². The molecule has 0 saturated carbocycles. The highest BCUT2D eigenvalue weighted by Crippen LogP contribution is 2.32. The molecule has 0 aliphatic rings. The SMILES string of the molecule is Cc1cccc(OC(=O)c2ccccc2)c1OOC(C)(C)C. The number of hydrogen-bond donors (Lipinski definition) is 0. The van der Waals surface area contributed by atoms with Crippen LogP contribution in [0.25, 0.3) is 0 Å². The van der Waals surface area contributed by atoms with Crippen molar-refractivity contribution in [2.24, 2.45) is 0 Å². The quantitative estimate of drug-likeness (QED) is 0.365. The lowest BCUT2D eigenvalue weighted by Crippen LogP contribution is -2.22. The first-order valence-corrected chi connectivity index (χ1v) is 7.09. The van der Waals surface area contributed by atoms with E-state index in [9.17, 15) is 4.79 Å². The molecule has 2 aromatic carbocycles. The van der Waals surface area contributed by atoms with E-state index in [4.69, 9.17) is 14.5 Å². The van der Waals surface area contributed by atoms with Crippen molar-refractivity contribution in [1.82, 2.24) is 0 Å². The van der Waals surface area contributed by atoms with Gasteiger partial charge in [0.25, 0.3) is 0 Å². The van der Waals surface area contributed by atoms with Gasteiger partial charge >= 0.3 is 5.97 Å². The van der Waals surface area contributed by atoms with Crippen molar-refractivity contribution in [1.29, 1.82) is 0 Å². The summed E-state index contributed by atoms with van der Waals surface area (Å²) in [6.45, 7) is 7.49. The number of para-hydroxylation sites is 1. The maximum atomic E-state index is 12.2. The number of ether oxygens (including phenoxy) is 1. The molecule has 0 radical (unpaired) electrons. The third-order valence-corrected chi connectivity index (χ3v) is 2.76. The lowest BCUT2D eigenvalue weighted by atomic mass is 10.2. The molecular weight excluding hydrogens is 280 g/mol. The van der Waals surface area contributed by atoms with E-state index in [2.05, 4.69) is 0 Å². The molecule has 0 fully saturated rings. The van der Waals surface area contributed by atoms with Gasteiger partial charge in [-0.1, -0.05) is 30.3 Å². The monoisotopic (exact) mass is 300 g/mol. The van der Waals surface area contributed by atoms with Gasteiger partial charge in [-0.3, -0.25) is 0 Å². The van der Waals surface area contributed by atoms with E-state index in [1.54, 1.807) is 36.4 Å². The lowest BCUT2D eigenvalue weighted by Gasteiger charge is -2.20. The van der Waals surface area contributed by atoms with Crippen LogP contribution in [-0.2, 0) is 4.89 Å². The number of esters is 1. The summed E-state index contributed by atoms with van der Waals surface area (Å²) in [5.74, 6) is 0.298. The first kappa shape index (κ1) is 16.0. The Hall–Kier alpha value is -2.33. The Morgan fingerprint density at radius 2 is 1.64 bits per heavy atom. The molecule has 0 aromatic heterocycles. The average molecular weight is 300 g/mol. The van der Waals surface area contributed by atoms with Gasteiger partial charge in [0.05, 0.1) is 5.56 Å². The highest BCUT2D eigenvalue weighted by molar-refractivity contribution is 5.91. The van der Waals surface area contributed by atoms with Crippen LogP contribution in [0.5, 0.6) is 11.5 Å². The number of aryl methyl sites for hydroxylation is 1. The van der Waals surface area contributed by atoms with Gasteiger partial charge in [0.2, 0.25) is 5.75 Å². The van der Waals surface area contributed by atoms with Crippen molar-refractivity contribution < 1.29 is 19.3 Å². The minimum atomic E-state index is -0.469. The first-order valence-electron chi connectivity index (χ1n) is 7.09. The number of rotatable bonds is 4. The molecule has 0 heterocycles. The molecule has 0 bridgehead atoms. The first-order chi connectivity index (χ1) is 10.4. The van der Waals surface area contributed by atoms with Gasteiger partial charge < -0.3 is 9.62 Å². The summed E-state index contributed by atoms with van der Waals surface area (Å²) in [7, 11) is 0. The second kappa shape index (κ2) is 6.62. The topological polar surface area (TPSA) is 44.8 Å². The number of carbonyl (C=O) groups excluding carboxylic acids is 1. The maximum absolute atomic E-state index is 12.2. The maximum Gasteiger partial charge on any atom is 0.343 e. The molecule has 0 amide bonds. The van der Waals surface area contributed by atoms with Crippen molar-refractivity contribution in [2.75, 3.05) is 0 Å². The fourth-order valence-electron chi connectivity index (χ4n) is 1.71. The Morgan fingerprint density at radius 1 is 0.955 bits per heavy atom. The summed E-state index contributed by atoms with van der Waals surface area (Å²) >= 11 is 0. The molecule has 0 saturated heterocycles. The van der Waals surface area contributed by atoms with Gasteiger partial charge in [-0.05, 0) is 51.5 Å². The van der Waals surface area contributed by atoms with E-state index in [0.717, 1.165) is 5.56 Å². The third-order valence-electron chi connectivity index (χ3n) is 2.76. The van der Waals surface area contributed by atoms with Crippen molar-refractivity contribution in [3.8, 4) is 11.5 Å². The van der Waals surface area contributed by atoms with Gasteiger partial charge in [0.15, 0.2) is 5.75 Å². The molecule has 4 nitrogen and oxygen atoms in total. The van der Waals surface area contributed by atoms with Crippen molar-refractivity contribution >= 4 is 5.97 Å². The third kappa shape index (κ3) is 4.33. The molecule has 2 rings (SSSR count). The molecule has 22 heavy (non-hydrogen) atoms. The molecule has 0 atom stereocenters. The van der Waals surface area contributed by atoms with E-state index < -0.39 is 11.6 Å². The van der Waals surface area contributed by atoms with E-state index in [1.807, 2.05) is 39.8 Å². The van der Waals surface area contributed by atoms with Crippen LogP contribution in [0.1, 0.15) is 36.7 Å². The summed E-state index contributed by atoms with van der Waals surface area (Å²) in [5.41, 5.74) is 0.831. The number of hydrogen-bond acceptors (Lipinski definition) is 4. The number of benzene rings is 2. The summed E-state index contributed by atoms with van der Waals surface area (Å²) < 4.78 is 5.43. The molecular formula is C18H20O4. The molecule has 2 aromatic rings. The van der Waals surface area contributed by atoms with E-state index in [1.165, 1.54) is 0 Å². The second-order valence-electron chi connectivity index (χ2n) is 5.94.